The van der Waals surface area contributed by atoms with Crippen LogP contribution in [0.4, 0.5) is 4.39 Å². The van der Waals surface area contributed by atoms with E-state index in [2.05, 4.69) is 46.2 Å². The fraction of sp³-hybridized carbons (Fsp3) is 0.368. The average Bonchev–Trinajstić information content (AvgIpc) is 2.58. The van der Waals surface area contributed by atoms with Gasteiger partial charge in [0, 0.05) is 32.7 Å². The van der Waals surface area contributed by atoms with Gasteiger partial charge in [-0.05, 0) is 11.1 Å². The van der Waals surface area contributed by atoms with Crippen molar-refractivity contribution in [3.05, 3.63) is 71.8 Å². The van der Waals surface area contributed by atoms with Gasteiger partial charge in [0.25, 0.3) is 0 Å². The fourth-order valence-electron chi connectivity index (χ4n) is 3.11. The van der Waals surface area contributed by atoms with Crippen LogP contribution in [0.5, 0.6) is 0 Å². The molecule has 0 radical (unpaired) electrons. The summed E-state index contributed by atoms with van der Waals surface area (Å²) in [6.07, 6.45) is 0. The van der Waals surface area contributed by atoms with E-state index in [1.54, 1.807) is 0 Å². The molecule has 1 aliphatic heterocycles. The van der Waals surface area contributed by atoms with Gasteiger partial charge < -0.3 is 0 Å². The molecule has 0 saturated carbocycles. The summed E-state index contributed by atoms with van der Waals surface area (Å²) in [6.45, 7) is 4.20. The van der Waals surface area contributed by atoms with Crippen LogP contribution < -0.4 is 0 Å². The lowest BCUT2D eigenvalue weighted by atomic mass is 10.1. The maximum absolute atomic E-state index is 13.5. The molecular weight excluding hydrogens is 275 g/mol. The molecule has 1 heterocycles. The van der Waals surface area contributed by atoms with Crippen molar-refractivity contribution in [2.24, 2.45) is 0 Å². The second-order valence-corrected chi connectivity index (χ2v) is 5.98. The smallest absolute Gasteiger partial charge is 0.106 e. The molecule has 1 aliphatic rings. The fourth-order valence-corrected chi connectivity index (χ4v) is 3.11. The zero-order valence-electron chi connectivity index (χ0n) is 12.9. The highest BCUT2D eigenvalue weighted by Gasteiger charge is 2.26. The molecule has 0 amide bonds. The van der Waals surface area contributed by atoms with Crippen LogP contribution in [0.1, 0.15) is 11.1 Å². The number of hydrogen-bond acceptors (Lipinski definition) is 2. The van der Waals surface area contributed by atoms with Gasteiger partial charge in [-0.2, -0.15) is 0 Å². The van der Waals surface area contributed by atoms with Gasteiger partial charge in [0.05, 0.1) is 6.04 Å². The molecule has 3 rings (SSSR count). The zero-order chi connectivity index (χ0) is 15.2. The van der Waals surface area contributed by atoms with Crippen LogP contribution in [0, 0.1) is 0 Å². The van der Waals surface area contributed by atoms with Crippen molar-refractivity contribution < 1.29 is 4.39 Å². The molecule has 2 aromatic carbocycles. The second kappa shape index (κ2) is 7.52. The van der Waals surface area contributed by atoms with Gasteiger partial charge in [0.1, 0.15) is 6.67 Å². The first-order valence-electron chi connectivity index (χ1n) is 7.95. The molecule has 1 atom stereocenters. The van der Waals surface area contributed by atoms with Crippen molar-refractivity contribution in [1.82, 2.24) is 9.80 Å². The lowest BCUT2D eigenvalue weighted by molar-refractivity contribution is 0.0505. The SMILES string of the molecule is FC[C@H]1CN(Cc2ccccc2)CCN1Cc1ccccc1. The van der Waals surface area contributed by atoms with Crippen LogP contribution >= 0.6 is 0 Å². The summed E-state index contributed by atoms with van der Waals surface area (Å²) in [5.74, 6) is 0. The van der Waals surface area contributed by atoms with Crippen LogP contribution in [0.25, 0.3) is 0 Å². The van der Waals surface area contributed by atoms with E-state index in [0.717, 1.165) is 32.7 Å². The molecule has 1 fully saturated rings. The molecular formula is C19H23FN2. The zero-order valence-corrected chi connectivity index (χ0v) is 12.9. The number of piperazine rings is 1. The third-order valence-corrected chi connectivity index (χ3v) is 4.34. The Morgan fingerprint density at radius 3 is 2.00 bits per heavy atom. The Labute approximate surface area is 132 Å². The minimum absolute atomic E-state index is 0.00216. The van der Waals surface area contributed by atoms with E-state index < -0.39 is 0 Å². The molecule has 0 aromatic heterocycles. The molecule has 2 aromatic rings. The Morgan fingerprint density at radius 1 is 0.818 bits per heavy atom. The summed E-state index contributed by atoms with van der Waals surface area (Å²) in [6, 6.07) is 20.8. The van der Waals surface area contributed by atoms with Crippen LogP contribution in [0.3, 0.4) is 0 Å². The molecule has 1 saturated heterocycles. The Bertz CT molecular complexity index is 558. The lowest BCUT2D eigenvalue weighted by Crippen LogP contribution is -2.53. The summed E-state index contributed by atoms with van der Waals surface area (Å²) in [5.41, 5.74) is 2.56. The molecule has 3 heteroatoms. The first-order chi connectivity index (χ1) is 10.8. The van der Waals surface area contributed by atoms with Crippen molar-refractivity contribution in [2.75, 3.05) is 26.3 Å². The highest BCUT2D eigenvalue weighted by molar-refractivity contribution is 5.16. The first kappa shape index (κ1) is 15.2. The summed E-state index contributed by atoms with van der Waals surface area (Å²) in [7, 11) is 0. The van der Waals surface area contributed by atoms with Gasteiger partial charge in [-0.25, -0.2) is 4.39 Å². The van der Waals surface area contributed by atoms with E-state index in [0.29, 0.717) is 0 Å². The monoisotopic (exact) mass is 298 g/mol. The summed E-state index contributed by atoms with van der Waals surface area (Å²) >= 11 is 0. The van der Waals surface area contributed by atoms with Gasteiger partial charge in [0.2, 0.25) is 0 Å². The van der Waals surface area contributed by atoms with Crippen LogP contribution in [0.2, 0.25) is 0 Å². The van der Waals surface area contributed by atoms with Gasteiger partial charge in [-0.1, -0.05) is 60.7 Å². The van der Waals surface area contributed by atoms with Gasteiger partial charge >= 0.3 is 0 Å². The van der Waals surface area contributed by atoms with E-state index in [1.807, 2.05) is 24.3 Å². The molecule has 2 nitrogen and oxygen atoms in total. The molecule has 116 valence electrons. The van der Waals surface area contributed by atoms with Crippen LogP contribution in [-0.2, 0) is 13.1 Å². The van der Waals surface area contributed by atoms with Gasteiger partial charge in [-0.3, -0.25) is 9.80 Å². The van der Waals surface area contributed by atoms with E-state index in [1.165, 1.54) is 11.1 Å². The minimum Gasteiger partial charge on any atom is -0.296 e. The lowest BCUT2D eigenvalue weighted by Gasteiger charge is -2.40. The van der Waals surface area contributed by atoms with Crippen molar-refractivity contribution in [1.29, 1.82) is 0 Å². The third kappa shape index (κ3) is 3.93. The number of nitrogens with zero attached hydrogens (tertiary/aromatic N) is 2. The van der Waals surface area contributed by atoms with Crippen molar-refractivity contribution >= 4 is 0 Å². The maximum Gasteiger partial charge on any atom is 0.106 e. The summed E-state index contributed by atoms with van der Waals surface area (Å²) in [4.78, 5) is 4.64. The topological polar surface area (TPSA) is 6.48 Å². The Kier molecular flexibility index (Phi) is 5.20. The second-order valence-electron chi connectivity index (χ2n) is 5.98. The summed E-state index contributed by atoms with van der Waals surface area (Å²) < 4.78 is 13.5. The maximum atomic E-state index is 13.5. The molecule has 22 heavy (non-hydrogen) atoms. The van der Waals surface area contributed by atoms with Crippen molar-refractivity contribution in [3.8, 4) is 0 Å². The highest BCUT2D eigenvalue weighted by atomic mass is 19.1. The standard InChI is InChI=1S/C19H23FN2/c20-13-19-16-21(14-17-7-3-1-4-8-17)11-12-22(19)15-18-9-5-2-6-10-18/h1-10,19H,11-16H2/t19-/m0/s1. The summed E-state index contributed by atoms with van der Waals surface area (Å²) in [5, 5.41) is 0. The third-order valence-electron chi connectivity index (χ3n) is 4.34. The Hall–Kier alpha value is -1.71. The predicted molar refractivity (Wildman–Crippen MR) is 88.3 cm³/mol. The van der Waals surface area contributed by atoms with Crippen LogP contribution in [-0.4, -0.2) is 42.2 Å². The highest BCUT2D eigenvalue weighted by Crippen LogP contribution is 2.16. The largest absolute Gasteiger partial charge is 0.296 e. The molecule has 0 N–H and O–H groups in total. The van der Waals surface area contributed by atoms with Crippen molar-refractivity contribution in [2.45, 2.75) is 19.1 Å². The predicted octanol–water partition coefficient (Wildman–Crippen LogP) is 3.34. The van der Waals surface area contributed by atoms with E-state index in [4.69, 9.17) is 0 Å². The first-order valence-corrected chi connectivity index (χ1v) is 7.95. The molecule has 0 unspecified atom stereocenters. The quantitative estimate of drug-likeness (QED) is 0.835. The van der Waals surface area contributed by atoms with Gasteiger partial charge in [-0.15, -0.1) is 0 Å². The van der Waals surface area contributed by atoms with Crippen molar-refractivity contribution in [3.63, 3.8) is 0 Å². The molecule has 0 bridgehead atoms. The average molecular weight is 298 g/mol. The normalized spacial score (nSPS) is 20.1. The number of halogens is 1. The number of hydrogen-bond donors (Lipinski definition) is 0. The van der Waals surface area contributed by atoms with Gasteiger partial charge in [0.15, 0.2) is 0 Å². The number of alkyl halides is 1. The Balaban J connectivity index is 1.59. The minimum atomic E-state index is -0.280. The van der Waals surface area contributed by atoms with E-state index >= 15 is 0 Å². The van der Waals surface area contributed by atoms with Crippen LogP contribution in [0.15, 0.2) is 60.7 Å². The Morgan fingerprint density at radius 2 is 1.41 bits per heavy atom. The van der Waals surface area contributed by atoms with E-state index in [-0.39, 0.29) is 12.7 Å². The number of rotatable bonds is 5. The number of benzene rings is 2. The molecule has 0 aliphatic carbocycles. The molecule has 0 spiro atoms. The van der Waals surface area contributed by atoms with E-state index in [9.17, 15) is 4.39 Å².